The lowest BCUT2D eigenvalue weighted by atomic mass is 10.00. The van der Waals surface area contributed by atoms with Crippen molar-refractivity contribution in [1.82, 2.24) is 9.88 Å². The zero-order chi connectivity index (χ0) is 19.8. The molecule has 6 nitrogen and oxygen atoms in total. The predicted molar refractivity (Wildman–Crippen MR) is 107 cm³/mol. The lowest BCUT2D eigenvalue weighted by Crippen LogP contribution is -2.24. The van der Waals surface area contributed by atoms with Crippen molar-refractivity contribution < 1.29 is 14.4 Å². The first-order valence-electron chi connectivity index (χ1n) is 8.71. The molecule has 0 spiro atoms. The highest BCUT2D eigenvalue weighted by atomic mass is 32.1. The molecule has 0 atom stereocenters. The summed E-state index contributed by atoms with van der Waals surface area (Å²) in [6.45, 7) is 2.02. The van der Waals surface area contributed by atoms with E-state index in [2.05, 4.69) is 10.3 Å². The van der Waals surface area contributed by atoms with E-state index < -0.39 is 0 Å². The number of nitrogens with zero attached hydrogens (tertiary/aromatic N) is 2. The summed E-state index contributed by atoms with van der Waals surface area (Å²) < 4.78 is 0. The van der Waals surface area contributed by atoms with Gasteiger partial charge in [0.1, 0.15) is 0 Å². The highest BCUT2D eigenvalue weighted by Crippen LogP contribution is 2.27. The van der Waals surface area contributed by atoms with Crippen molar-refractivity contribution in [2.75, 3.05) is 12.4 Å². The quantitative estimate of drug-likeness (QED) is 0.690. The largest absolute Gasteiger partial charge is 0.302 e. The van der Waals surface area contributed by atoms with Gasteiger partial charge in [-0.1, -0.05) is 42.0 Å². The SMILES string of the molecule is Cc1ccc(-c2csc(NC(=O)Cc3cccc4c3C(=O)N(C)C4=O)n2)cc1. The molecule has 4 rings (SSSR count). The van der Waals surface area contributed by atoms with E-state index in [1.165, 1.54) is 23.9 Å². The van der Waals surface area contributed by atoms with Gasteiger partial charge in [-0.2, -0.15) is 0 Å². The third kappa shape index (κ3) is 3.20. The zero-order valence-electron chi connectivity index (χ0n) is 15.4. The Morgan fingerprint density at radius 2 is 1.86 bits per heavy atom. The third-order valence-electron chi connectivity index (χ3n) is 4.65. The van der Waals surface area contributed by atoms with Crippen LogP contribution in [-0.2, 0) is 11.2 Å². The van der Waals surface area contributed by atoms with Crippen LogP contribution in [0.3, 0.4) is 0 Å². The van der Waals surface area contributed by atoms with E-state index in [9.17, 15) is 14.4 Å². The highest BCUT2D eigenvalue weighted by Gasteiger charge is 2.34. The molecule has 0 saturated heterocycles. The Morgan fingerprint density at radius 3 is 2.61 bits per heavy atom. The maximum absolute atomic E-state index is 12.5. The first-order valence-corrected chi connectivity index (χ1v) is 9.58. The fraction of sp³-hybridized carbons (Fsp3) is 0.143. The van der Waals surface area contributed by atoms with Gasteiger partial charge in [0, 0.05) is 18.0 Å². The van der Waals surface area contributed by atoms with Crippen molar-refractivity contribution in [3.8, 4) is 11.3 Å². The molecular weight excluding hydrogens is 374 g/mol. The maximum atomic E-state index is 12.5. The topological polar surface area (TPSA) is 79.4 Å². The lowest BCUT2D eigenvalue weighted by Gasteiger charge is -2.07. The van der Waals surface area contributed by atoms with E-state index >= 15 is 0 Å². The van der Waals surface area contributed by atoms with Crippen LogP contribution in [0.1, 0.15) is 31.8 Å². The number of amides is 3. The van der Waals surface area contributed by atoms with Gasteiger partial charge in [0.2, 0.25) is 5.91 Å². The summed E-state index contributed by atoms with van der Waals surface area (Å²) >= 11 is 1.34. The zero-order valence-corrected chi connectivity index (χ0v) is 16.2. The van der Waals surface area contributed by atoms with Crippen LogP contribution in [0.15, 0.2) is 47.8 Å². The lowest BCUT2D eigenvalue weighted by molar-refractivity contribution is -0.115. The standard InChI is InChI=1S/C21H17N3O3S/c1-12-6-8-13(9-7-12)16-11-28-21(22-16)23-17(25)10-14-4-3-5-15-18(14)20(27)24(2)19(15)26/h3-9,11H,10H2,1-2H3,(H,22,23,25). The van der Waals surface area contributed by atoms with Gasteiger partial charge in [-0.3, -0.25) is 19.3 Å². The average Bonchev–Trinajstić information content (AvgIpc) is 3.22. The summed E-state index contributed by atoms with van der Waals surface area (Å²) in [5.74, 6) is -1.00. The van der Waals surface area contributed by atoms with Crippen molar-refractivity contribution >= 4 is 34.2 Å². The van der Waals surface area contributed by atoms with Crippen molar-refractivity contribution in [3.05, 3.63) is 70.1 Å². The molecule has 1 N–H and O–H groups in total. The van der Waals surface area contributed by atoms with Crippen molar-refractivity contribution in [3.63, 3.8) is 0 Å². The number of rotatable bonds is 4. The van der Waals surface area contributed by atoms with Crippen LogP contribution >= 0.6 is 11.3 Å². The van der Waals surface area contributed by atoms with Crippen LogP contribution in [-0.4, -0.2) is 34.7 Å². The number of aryl methyl sites for hydroxylation is 1. The molecular formula is C21H17N3O3S. The monoisotopic (exact) mass is 391 g/mol. The Balaban J connectivity index is 1.50. The van der Waals surface area contributed by atoms with E-state index in [1.807, 2.05) is 36.6 Å². The molecule has 140 valence electrons. The molecule has 2 heterocycles. The van der Waals surface area contributed by atoms with E-state index in [-0.39, 0.29) is 24.1 Å². The van der Waals surface area contributed by atoms with Gasteiger partial charge in [0.05, 0.1) is 23.2 Å². The number of carbonyl (C=O) groups excluding carboxylic acids is 3. The third-order valence-corrected chi connectivity index (χ3v) is 5.41. The first-order chi connectivity index (χ1) is 13.4. The van der Waals surface area contributed by atoms with Crippen LogP contribution < -0.4 is 5.32 Å². The maximum Gasteiger partial charge on any atom is 0.261 e. The molecule has 1 aromatic heterocycles. The normalized spacial score (nSPS) is 13.0. The number of benzene rings is 2. The van der Waals surface area contributed by atoms with Crippen LogP contribution in [0.25, 0.3) is 11.3 Å². The number of hydrogen-bond acceptors (Lipinski definition) is 5. The van der Waals surface area contributed by atoms with Gasteiger partial charge >= 0.3 is 0 Å². The van der Waals surface area contributed by atoms with Crippen LogP contribution in [0.2, 0.25) is 0 Å². The van der Waals surface area contributed by atoms with Gasteiger partial charge in [0.15, 0.2) is 5.13 Å². The summed E-state index contributed by atoms with van der Waals surface area (Å²) in [4.78, 5) is 42.4. The fourth-order valence-electron chi connectivity index (χ4n) is 3.14. The minimum atomic E-state index is -0.376. The Morgan fingerprint density at radius 1 is 1.11 bits per heavy atom. The minimum Gasteiger partial charge on any atom is -0.302 e. The van der Waals surface area contributed by atoms with Gasteiger partial charge in [0.25, 0.3) is 11.8 Å². The summed E-state index contributed by atoms with van der Waals surface area (Å²) in [5, 5.41) is 5.16. The Labute approximate surface area is 165 Å². The van der Waals surface area contributed by atoms with Gasteiger partial charge in [-0.05, 0) is 18.6 Å². The van der Waals surface area contributed by atoms with E-state index in [0.29, 0.717) is 21.8 Å². The van der Waals surface area contributed by atoms with Gasteiger partial charge in [-0.15, -0.1) is 11.3 Å². The second-order valence-electron chi connectivity index (χ2n) is 6.64. The second-order valence-corrected chi connectivity index (χ2v) is 7.50. The average molecular weight is 391 g/mol. The number of hydrogen-bond donors (Lipinski definition) is 1. The van der Waals surface area contributed by atoms with E-state index in [1.54, 1.807) is 18.2 Å². The highest BCUT2D eigenvalue weighted by molar-refractivity contribution is 7.14. The molecule has 3 aromatic rings. The molecule has 0 bridgehead atoms. The van der Waals surface area contributed by atoms with Crippen LogP contribution in [0, 0.1) is 6.92 Å². The molecule has 2 aromatic carbocycles. The fourth-order valence-corrected chi connectivity index (χ4v) is 3.88. The van der Waals surface area contributed by atoms with Gasteiger partial charge < -0.3 is 5.32 Å². The molecule has 0 radical (unpaired) electrons. The molecule has 7 heteroatoms. The first kappa shape index (κ1) is 18.1. The number of thiazole rings is 1. The predicted octanol–water partition coefficient (Wildman–Crippen LogP) is 3.53. The molecule has 0 aliphatic carbocycles. The smallest absolute Gasteiger partial charge is 0.261 e. The second kappa shape index (κ2) is 7.01. The summed E-state index contributed by atoms with van der Waals surface area (Å²) in [6, 6.07) is 13.0. The van der Waals surface area contributed by atoms with Crippen LogP contribution in [0.5, 0.6) is 0 Å². The number of carbonyl (C=O) groups is 3. The van der Waals surface area contributed by atoms with E-state index in [4.69, 9.17) is 0 Å². The van der Waals surface area contributed by atoms with Crippen molar-refractivity contribution in [2.45, 2.75) is 13.3 Å². The van der Waals surface area contributed by atoms with Crippen molar-refractivity contribution in [1.29, 1.82) is 0 Å². The van der Waals surface area contributed by atoms with E-state index in [0.717, 1.165) is 16.2 Å². The van der Waals surface area contributed by atoms with Crippen LogP contribution in [0.4, 0.5) is 5.13 Å². The molecule has 3 amide bonds. The molecule has 0 unspecified atom stereocenters. The Bertz CT molecular complexity index is 1100. The molecule has 1 aliphatic rings. The number of nitrogens with one attached hydrogen (secondary N) is 1. The minimum absolute atomic E-state index is 0.00449. The summed E-state index contributed by atoms with van der Waals surface area (Å²) in [5.41, 5.74) is 4.13. The Kier molecular flexibility index (Phi) is 4.52. The Hall–Kier alpha value is -3.32. The number of fused-ring (bicyclic) bond motifs is 1. The molecule has 0 saturated carbocycles. The summed E-state index contributed by atoms with van der Waals surface area (Å²) in [6.07, 6.45) is -0.00449. The summed E-state index contributed by atoms with van der Waals surface area (Å²) in [7, 11) is 1.44. The number of anilines is 1. The van der Waals surface area contributed by atoms with Gasteiger partial charge in [-0.25, -0.2) is 4.98 Å². The molecule has 1 aliphatic heterocycles. The number of imide groups is 1. The molecule has 0 fully saturated rings. The van der Waals surface area contributed by atoms with Crippen molar-refractivity contribution in [2.24, 2.45) is 0 Å². The number of aromatic nitrogens is 1. The molecule has 28 heavy (non-hydrogen) atoms.